The Morgan fingerprint density at radius 3 is 1.92 bits per heavy atom. The molecule has 76 valence electrons. The highest BCUT2D eigenvalue weighted by atomic mass is 32.2. The average Bonchev–Trinajstić information content (AvgIpc) is 2.03. The molecular formula is C11H21NS. The molecule has 0 aliphatic heterocycles. The molecule has 0 heterocycles. The van der Waals surface area contributed by atoms with E-state index >= 15 is 0 Å². The molecule has 0 bridgehead atoms. The average molecular weight is 199 g/mol. The molecule has 1 nitrogen and oxygen atoms in total. The van der Waals surface area contributed by atoms with Gasteiger partial charge in [-0.15, -0.1) is 0 Å². The van der Waals surface area contributed by atoms with E-state index in [1.807, 2.05) is 6.92 Å². The maximum Gasteiger partial charge on any atom is 0.00610 e. The lowest BCUT2D eigenvalue weighted by Crippen LogP contribution is -2.02. The van der Waals surface area contributed by atoms with Crippen molar-refractivity contribution in [2.45, 2.75) is 34.6 Å². The van der Waals surface area contributed by atoms with Crippen LogP contribution in [-0.4, -0.2) is 0 Å². The molecular weight excluding hydrogens is 178 g/mol. The second-order valence-electron chi connectivity index (χ2n) is 3.75. The molecule has 2 heteroatoms. The summed E-state index contributed by atoms with van der Waals surface area (Å²) < 4.78 is 0. The van der Waals surface area contributed by atoms with Gasteiger partial charge in [-0.25, -0.2) is 0 Å². The first-order valence-electron chi connectivity index (χ1n) is 4.78. The lowest BCUT2D eigenvalue weighted by molar-refractivity contribution is 0.739. The summed E-state index contributed by atoms with van der Waals surface area (Å²) in [4.78, 5) is 1.30. The van der Waals surface area contributed by atoms with E-state index in [-0.39, 0.29) is 0 Å². The van der Waals surface area contributed by atoms with Gasteiger partial charge in [0.1, 0.15) is 0 Å². The molecule has 0 saturated carbocycles. The molecule has 0 aliphatic carbocycles. The maximum atomic E-state index is 5.67. The Labute approximate surface area is 86.6 Å². The zero-order chi connectivity index (χ0) is 10.4. The second kappa shape index (κ2) is 6.28. The van der Waals surface area contributed by atoms with Crippen LogP contribution in [0.3, 0.4) is 0 Å². The van der Waals surface area contributed by atoms with Gasteiger partial charge in [0.25, 0.3) is 0 Å². The normalized spacial score (nSPS) is 14.5. The molecule has 0 unspecified atom stereocenters. The summed E-state index contributed by atoms with van der Waals surface area (Å²) in [5.41, 5.74) is 1.37. The van der Waals surface area contributed by atoms with Crippen molar-refractivity contribution in [3.05, 3.63) is 22.6 Å². The van der Waals surface area contributed by atoms with Crippen LogP contribution < -0.4 is 5.14 Å². The first-order valence-corrected chi connectivity index (χ1v) is 5.66. The van der Waals surface area contributed by atoms with E-state index in [1.165, 1.54) is 22.4 Å². The molecule has 0 atom stereocenters. The Hall–Kier alpha value is -0.210. The fraction of sp³-hybridized carbons (Fsp3) is 0.636. The molecule has 0 fully saturated rings. The maximum absolute atomic E-state index is 5.67. The predicted octanol–water partition coefficient (Wildman–Crippen LogP) is 3.74. The summed E-state index contributed by atoms with van der Waals surface area (Å²) in [6, 6.07) is 0. The number of rotatable bonds is 4. The lowest BCUT2D eigenvalue weighted by Gasteiger charge is -2.16. The van der Waals surface area contributed by atoms with Crippen LogP contribution in [0.15, 0.2) is 22.6 Å². The highest BCUT2D eigenvalue weighted by molar-refractivity contribution is 8.00. The first kappa shape index (κ1) is 12.8. The molecule has 0 aromatic heterocycles. The van der Waals surface area contributed by atoms with Crippen molar-refractivity contribution in [2.24, 2.45) is 17.0 Å². The van der Waals surface area contributed by atoms with Crippen LogP contribution in [0.5, 0.6) is 0 Å². The first-order chi connectivity index (χ1) is 6.04. The minimum atomic E-state index is 0.517. The van der Waals surface area contributed by atoms with Crippen LogP contribution in [0.25, 0.3) is 0 Å². The van der Waals surface area contributed by atoms with Crippen molar-refractivity contribution < 1.29 is 0 Å². The number of allylic oxidation sites excluding steroid dienone is 4. The fourth-order valence-electron chi connectivity index (χ4n) is 1.28. The summed E-state index contributed by atoms with van der Waals surface area (Å²) in [5.74, 6) is 1.06. The quantitative estimate of drug-likeness (QED) is 0.551. The van der Waals surface area contributed by atoms with Gasteiger partial charge in [-0.05, 0) is 24.3 Å². The highest BCUT2D eigenvalue weighted by Crippen LogP contribution is 2.28. The number of hydrogen-bond acceptors (Lipinski definition) is 2. The van der Waals surface area contributed by atoms with Crippen LogP contribution in [0, 0.1) is 11.8 Å². The molecule has 0 radical (unpaired) electrons. The monoisotopic (exact) mass is 199 g/mol. The van der Waals surface area contributed by atoms with Crippen molar-refractivity contribution >= 4 is 11.9 Å². The van der Waals surface area contributed by atoms with E-state index in [2.05, 4.69) is 39.8 Å². The number of hydrogen-bond donors (Lipinski definition) is 1. The third kappa shape index (κ3) is 4.01. The van der Waals surface area contributed by atoms with E-state index in [4.69, 9.17) is 5.14 Å². The van der Waals surface area contributed by atoms with Gasteiger partial charge in [-0.1, -0.05) is 51.8 Å². The van der Waals surface area contributed by atoms with Crippen molar-refractivity contribution in [2.75, 3.05) is 0 Å². The molecule has 0 spiro atoms. The Kier molecular flexibility index (Phi) is 6.17. The zero-order valence-corrected chi connectivity index (χ0v) is 10.1. The molecule has 0 aromatic carbocycles. The van der Waals surface area contributed by atoms with E-state index in [0.29, 0.717) is 11.8 Å². The number of nitrogens with two attached hydrogens (primary N) is 1. The highest BCUT2D eigenvalue weighted by Gasteiger charge is 2.10. The molecule has 0 amide bonds. The van der Waals surface area contributed by atoms with E-state index in [9.17, 15) is 0 Å². The van der Waals surface area contributed by atoms with Gasteiger partial charge in [0.15, 0.2) is 0 Å². The Bertz CT molecular complexity index is 202. The molecule has 0 aromatic rings. The summed E-state index contributed by atoms with van der Waals surface area (Å²) in [6.45, 7) is 10.8. The predicted molar refractivity (Wildman–Crippen MR) is 63.3 cm³/mol. The van der Waals surface area contributed by atoms with E-state index in [0.717, 1.165) is 0 Å². The third-order valence-corrected chi connectivity index (χ3v) is 2.87. The van der Waals surface area contributed by atoms with Crippen molar-refractivity contribution in [3.8, 4) is 0 Å². The van der Waals surface area contributed by atoms with Gasteiger partial charge < -0.3 is 0 Å². The molecule has 13 heavy (non-hydrogen) atoms. The lowest BCUT2D eigenvalue weighted by atomic mass is 9.98. The van der Waals surface area contributed by atoms with Gasteiger partial charge in [-0.2, -0.15) is 0 Å². The Morgan fingerprint density at radius 2 is 1.69 bits per heavy atom. The van der Waals surface area contributed by atoms with Crippen molar-refractivity contribution in [1.29, 1.82) is 0 Å². The summed E-state index contributed by atoms with van der Waals surface area (Å²) >= 11 is 1.38. The van der Waals surface area contributed by atoms with Gasteiger partial charge in [-0.3, -0.25) is 5.14 Å². The summed E-state index contributed by atoms with van der Waals surface area (Å²) in [7, 11) is 0. The summed E-state index contributed by atoms with van der Waals surface area (Å²) in [6.07, 6.45) is 4.24. The minimum absolute atomic E-state index is 0.517. The van der Waals surface area contributed by atoms with Crippen LogP contribution >= 0.6 is 11.9 Å². The van der Waals surface area contributed by atoms with Crippen molar-refractivity contribution in [1.82, 2.24) is 0 Å². The Balaban J connectivity index is 5.00. The summed E-state index contributed by atoms with van der Waals surface area (Å²) in [5, 5.41) is 5.67. The standard InChI is InChI=1S/C11H21NS/c1-6-7-10(8(2)3)11(13-12)9(4)5/h6-9H,12H2,1-5H3/b7-6-,11-10+. The van der Waals surface area contributed by atoms with Crippen LogP contribution in [0.4, 0.5) is 0 Å². The fourth-order valence-corrected chi connectivity index (χ4v) is 1.99. The molecule has 0 rings (SSSR count). The molecule has 0 aliphatic rings. The van der Waals surface area contributed by atoms with Crippen molar-refractivity contribution in [3.63, 3.8) is 0 Å². The Morgan fingerprint density at radius 1 is 1.15 bits per heavy atom. The topological polar surface area (TPSA) is 26.0 Å². The largest absolute Gasteiger partial charge is 0.274 e. The van der Waals surface area contributed by atoms with E-state index < -0.39 is 0 Å². The molecule has 2 N–H and O–H groups in total. The zero-order valence-electron chi connectivity index (χ0n) is 9.29. The second-order valence-corrected chi connectivity index (χ2v) is 4.42. The molecule has 0 saturated heterocycles. The van der Waals surface area contributed by atoms with E-state index in [1.54, 1.807) is 0 Å². The van der Waals surface area contributed by atoms with Crippen LogP contribution in [0.2, 0.25) is 0 Å². The van der Waals surface area contributed by atoms with Gasteiger partial charge in [0, 0.05) is 4.91 Å². The SMILES string of the molecule is C/C=C\C(=C(/SN)C(C)C)C(C)C. The van der Waals surface area contributed by atoms with Gasteiger partial charge in [0.2, 0.25) is 0 Å². The van der Waals surface area contributed by atoms with Gasteiger partial charge >= 0.3 is 0 Å². The van der Waals surface area contributed by atoms with Crippen LogP contribution in [-0.2, 0) is 0 Å². The minimum Gasteiger partial charge on any atom is -0.274 e. The van der Waals surface area contributed by atoms with Gasteiger partial charge in [0.05, 0.1) is 0 Å². The third-order valence-electron chi connectivity index (χ3n) is 1.90. The smallest absolute Gasteiger partial charge is 0.00610 e. The van der Waals surface area contributed by atoms with Crippen LogP contribution in [0.1, 0.15) is 34.6 Å².